The van der Waals surface area contributed by atoms with Gasteiger partial charge >= 0.3 is 11.1 Å². The van der Waals surface area contributed by atoms with Gasteiger partial charge in [-0.3, -0.25) is 14.4 Å². The number of carbonyl (C=O) groups is 1. The lowest BCUT2D eigenvalue weighted by Crippen LogP contribution is -2.35. The second kappa shape index (κ2) is 5.09. The zero-order chi connectivity index (χ0) is 15.9. The molecule has 0 bridgehead atoms. The van der Waals surface area contributed by atoms with Crippen LogP contribution in [0.2, 0.25) is 0 Å². The predicted octanol–water partition coefficient (Wildman–Crippen LogP) is -0.867. The third-order valence-electron chi connectivity index (χ3n) is 3.55. The smallest absolute Gasteiger partial charge is 0.314 e. The molecule has 116 valence electrons. The van der Waals surface area contributed by atoms with E-state index in [9.17, 15) is 22.8 Å². The summed E-state index contributed by atoms with van der Waals surface area (Å²) in [6.07, 6.45) is 0.395. The summed E-state index contributed by atoms with van der Waals surface area (Å²) in [5.41, 5.74) is -0.548. The highest BCUT2D eigenvalue weighted by atomic mass is 32.2. The fourth-order valence-corrected chi connectivity index (χ4v) is 4.11. The molecule has 1 aliphatic heterocycles. The van der Waals surface area contributed by atoms with Gasteiger partial charge in [-0.1, -0.05) is 0 Å². The summed E-state index contributed by atoms with van der Waals surface area (Å²) in [5.74, 6) is -0.406. The number of fused-ring (bicyclic) bond motifs is 1. The van der Waals surface area contributed by atoms with E-state index in [0.29, 0.717) is 17.5 Å². The van der Waals surface area contributed by atoms with Gasteiger partial charge in [-0.25, -0.2) is 8.42 Å². The maximum absolute atomic E-state index is 12.1. The molecule has 9 heteroatoms. The number of rotatable bonds is 2. The van der Waals surface area contributed by atoms with Crippen LogP contribution in [0, 0.1) is 0 Å². The van der Waals surface area contributed by atoms with Crippen LogP contribution in [-0.2, 0) is 9.84 Å². The standard InChI is InChI=1S/C13H13N3O5S/c17-11(14-8-3-4-22(20,21)6-8)7-1-2-9-10(5-7)16-13(19)12(18)15-9/h1-2,5,8H,3-4,6H2,(H,14,17)(H,15,18)(H,16,19)/t8-/m0/s1. The molecule has 1 saturated heterocycles. The molecule has 1 fully saturated rings. The van der Waals surface area contributed by atoms with E-state index in [0.717, 1.165) is 0 Å². The first-order valence-corrected chi connectivity index (χ1v) is 8.44. The highest BCUT2D eigenvalue weighted by Crippen LogP contribution is 2.13. The summed E-state index contributed by atoms with van der Waals surface area (Å²) >= 11 is 0. The van der Waals surface area contributed by atoms with Crippen molar-refractivity contribution in [3.63, 3.8) is 0 Å². The molecule has 0 radical (unpaired) electrons. The Morgan fingerprint density at radius 3 is 2.45 bits per heavy atom. The van der Waals surface area contributed by atoms with E-state index in [1.165, 1.54) is 18.2 Å². The Labute approximate surface area is 124 Å². The second-order valence-electron chi connectivity index (χ2n) is 5.24. The molecule has 8 nitrogen and oxygen atoms in total. The lowest BCUT2D eigenvalue weighted by Gasteiger charge is -2.11. The Hall–Kier alpha value is -2.42. The number of nitrogens with one attached hydrogen (secondary N) is 3. The van der Waals surface area contributed by atoms with Crippen molar-refractivity contribution in [2.45, 2.75) is 12.5 Å². The average Bonchev–Trinajstić information content (AvgIpc) is 2.78. The van der Waals surface area contributed by atoms with Gasteiger partial charge in [-0.2, -0.15) is 0 Å². The molecular weight excluding hydrogens is 310 g/mol. The maximum Gasteiger partial charge on any atom is 0.314 e. The molecule has 1 aliphatic rings. The quantitative estimate of drug-likeness (QED) is 0.619. The number of aromatic nitrogens is 2. The van der Waals surface area contributed by atoms with Crippen LogP contribution in [0.25, 0.3) is 11.0 Å². The normalized spacial score (nSPS) is 20.1. The number of aromatic amines is 2. The fourth-order valence-electron chi connectivity index (χ4n) is 2.43. The Balaban J connectivity index is 1.87. The molecule has 22 heavy (non-hydrogen) atoms. The molecule has 0 spiro atoms. The van der Waals surface area contributed by atoms with Crippen LogP contribution in [0.3, 0.4) is 0 Å². The molecule has 1 atom stereocenters. The van der Waals surface area contributed by atoms with Gasteiger partial charge in [0.25, 0.3) is 5.91 Å². The molecule has 0 aliphatic carbocycles. The number of hydrogen-bond acceptors (Lipinski definition) is 5. The minimum Gasteiger partial charge on any atom is -0.348 e. The first kappa shape index (κ1) is 14.5. The molecule has 0 saturated carbocycles. The van der Waals surface area contributed by atoms with Crippen LogP contribution in [0.15, 0.2) is 27.8 Å². The Morgan fingerprint density at radius 1 is 1.14 bits per heavy atom. The molecule has 3 N–H and O–H groups in total. The Kier molecular flexibility index (Phi) is 3.36. The van der Waals surface area contributed by atoms with Crippen molar-refractivity contribution in [2.75, 3.05) is 11.5 Å². The summed E-state index contributed by atoms with van der Waals surface area (Å²) in [7, 11) is -3.07. The van der Waals surface area contributed by atoms with Crippen molar-refractivity contribution in [1.82, 2.24) is 15.3 Å². The first-order chi connectivity index (χ1) is 10.3. The minimum atomic E-state index is -3.07. The number of H-pyrrole nitrogens is 2. The molecule has 1 aromatic heterocycles. The molecule has 1 aromatic carbocycles. The number of sulfone groups is 1. The van der Waals surface area contributed by atoms with E-state index in [2.05, 4.69) is 15.3 Å². The number of benzene rings is 1. The number of carbonyl (C=O) groups excluding carboxylic acids is 1. The fraction of sp³-hybridized carbons (Fsp3) is 0.308. The SMILES string of the molecule is O=C(N[C@H]1CCS(=O)(=O)C1)c1ccc2[nH]c(=O)c(=O)[nH]c2c1. The van der Waals surface area contributed by atoms with Gasteiger partial charge in [0.05, 0.1) is 22.5 Å². The number of amides is 1. The summed E-state index contributed by atoms with van der Waals surface area (Å²) in [5, 5.41) is 2.66. The Bertz CT molecular complexity index is 973. The van der Waals surface area contributed by atoms with Gasteiger partial charge in [-0.15, -0.1) is 0 Å². The van der Waals surface area contributed by atoms with Crippen molar-refractivity contribution < 1.29 is 13.2 Å². The van der Waals surface area contributed by atoms with Crippen LogP contribution in [0.5, 0.6) is 0 Å². The van der Waals surface area contributed by atoms with Crippen LogP contribution >= 0.6 is 0 Å². The highest BCUT2D eigenvalue weighted by molar-refractivity contribution is 7.91. The predicted molar refractivity (Wildman–Crippen MR) is 79.7 cm³/mol. The van der Waals surface area contributed by atoms with E-state index in [4.69, 9.17) is 0 Å². The molecule has 1 amide bonds. The van der Waals surface area contributed by atoms with Crippen molar-refractivity contribution in [2.24, 2.45) is 0 Å². The highest BCUT2D eigenvalue weighted by Gasteiger charge is 2.29. The number of hydrogen-bond donors (Lipinski definition) is 3. The first-order valence-electron chi connectivity index (χ1n) is 6.62. The largest absolute Gasteiger partial charge is 0.348 e. The van der Waals surface area contributed by atoms with Gasteiger partial charge in [0, 0.05) is 11.6 Å². The van der Waals surface area contributed by atoms with Crippen LogP contribution < -0.4 is 16.4 Å². The van der Waals surface area contributed by atoms with Crippen molar-refractivity contribution in [3.05, 3.63) is 44.5 Å². The summed E-state index contributed by atoms with van der Waals surface area (Å²) in [4.78, 5) is 39.4. The van der Waals surface area contributed by atoms with E-state index in [1.807, 2.05) is 0 Å². The molecular formula is C13H13N3O5S. The monoisotopic (exact) mass is 323 g/mol. The van der Waals surface area contributed by atoms with Crippen molar-refractivity contribution in [1.29, 1.82) is 0 Å². The Morgan fingerprint density at radius 2 is 1.82 bits per heavy atom. The van der Waals surface area contributed by atoms with E-state index in [1.54, 1.807) is 0 Å². The van der Waals surface area contributed by atoms with Gasteiger partial charge in [-0.05, 0) is 24.6 Å². The zero-order valence-corrected chi connectivity index (χ0v) is 12.2. The van der Waals surface area contributed by atoms with Crippen molar-refractivity contribution >= 4 is 26.8 Å². The second-order valence-corrected chi connectivity index (χ2v) is 7.47. The summed E-state index contributed by atoms with van der Waals surface area (Å²) in [6, 6.07) is 4.04. The van der Waals surface area contributed by atoms with Crippen LogP contribution in [0.4, 0.5) is 0 Å². The zero-order valence-electron chi connectivity index (χ0n) is 11.4. The van der Waals surface area contributed by atoms with Gasteiger partial charge in [0.1, 0.15) is 0 Å². The summed E-state index contributed by atoms with van der Waals surface area (Å²) < 4.78 is 22.8. The lowest BCUT2D eigenvalue weighted by molar-refractivity contribution is 0.0941. The third kappa shape index (κ3) is 2.80. The van der Waals surface area contributed by atoms with E-state index < -0.39 is 32.9 Å². The van der Waals surface area contributed by atoms with Gasteiger partial charge in [0.2, 0.25) is 0 Å². The van der Waals surface area contributed by atoms with E-state index in [-0.39, 0.29) is 17.1 Å². The van der Waals surface area contributed by atoms with Crippen LogP contribution in [-0.4, -0.2) is 41.8 Å². The molecule has 2 aromatic rings. The topological polar surface area (TPSA) is 129 Å². The maximum atomic E-state index is 12.1. The molecule has 3 rings (SSSR count). The van der Waals surface area contributed by atoms with Crippen molar-refractivity contribution in [3.8, 4) is 0 Å². The average molecular weight is 323 g/mol. The third-order valence-corrected chi connectivity index (χ3v) is 5.32. The molecule has 0 unspecified atom stereocenters. The molecule has 2 heterocycles. The minimum absolute atomic E-state index is 0.0591. The van der Waals surface area contributed by atoms with Gasteiger partial charge < -0.3 is 15.3 Å². The van der Waals surface area contributed by atoms with E-state index >= 15 is 0 Å². The van der Waals surface area contributed by atoms with Gasteiger partial charge in [0.15, 0.2) is 9.84 Å². The summed E-state index contributed by atoms with van der Waals surface area (Å²) in [6.45, 7) is 0. The lowest BCUT2D eigenvalue weighted by atomic mass is 10.1. The van der Waals surface area contributed by atoms with Crippen LogP contribution in [0.1, 0.15) is 16.8 Å².